The Morgan fingerprint density at radius 2 is 2.39 bits per heavy atom. The third kappa shape index (κ3) is 3.68. The summed E-state index contributed by atoms with van der Waals surface area (Å²) in [7, 11) is 0. The van der Waals surface area contributed by atoms with Gasteiger partial charge >= 0.3 is 0 Å². The zero-order valence-corrected chi connectivity index (χ0v) is 11.6. The number of nitrogens with one attached hydrogen (secondary N) is 1. The molecule has 3 N–H and O–H groups in total. The number of carbonyl (C=O) groups excluding carboxylic acids is 1. The first-order valence-electron chi connectivity index (χ1n) is 6.06. The highest BCUT2D eigenvalue weighted by Gasteiger charge is 2.29. The van der Waals surface area contributed by atoms with E-state index in [2.05, 4.69) is 5.32 Å². The smallest absolute Gasteiger partial charge is 0.249 e. The number of thiophene rings is 1. The lowest BCUT2D eigenvalue weighted by atomic mass is 10.2. The highest BCUT2D eigenvalue weighted by molar-refractivity contribution is 7.16. The SMILES string of the molecule is NC[C@H]1CC[C@@H](C(=O)NCCc2ccc(Cl)s2)O1. The maximum Gasteiger partial charge on any atom is 0.249 e. The summed E-state index contributed by atoms with van der Waals surface area (Å²) in [5, 5.41) is 2.89. The Kier molecular flexibility index (Phi) is 5.00. The van der Waals surface area contributed by atoms with Gasteiger partial charge in [0.15, 0.2) is 0 Å². The summed E-state index contributed by atoms with van der Waals surface area (Å²) in [6.45, 7) is 1.10. The molecule has 0 radical (unpaired) electrons. The Morgan fingerprint density at radius 1 is 1.56 bits per heavy atom. The first-order chi connectivity index (χ1) is 8.69. The van der Waals surface area contributed by atoms with E-state index in [0.717, 1.165) is 23.6 Å². The zero-order valence-electron chi connectivity index (χ0n) is 10.0. The monoisotopic (exact) mass is 288 g/mol. The fourth-order valence-corrected chi connectivity index (χ4v) is 3.07. The minimum Gasteiger partial charge on any atom is -0.364 e. The topological polar surface area (TPSA) is 64.4 Å². The van der Waals surface area contributed by atoms with Gasteiger partial charge in [-0.05, 0) is 31.4 Å². The standard InChI is InChI=1S/C12H17ClN2O2S/c13-11-4-2-9(18-11)5-6-15-12(16)10-3-1-8(7-14)17-10/h2,4,8,10H,1,3,5-7,14H2,(H,15,16)/t8-,10+/m1/s1. The van der Waals surface area contributed by atoms with Gasteiger partial charge in [-0.3, -0.25) is 4.79 Å². The number of ether oxygens (including phenoxy) is 1. The van der Waals surface area contributed by atoms with Crippen molar-refractivity contribution in [3.63, 3.8) is 0 Å². The van der Waals surface area contributed by atoms with Crippen LogP contribution < -0.4 is 11.1 Å². The highest BCUT2D eigenvalue weighted by atomic mass is 35.5. The molecule has 18 heavy (non-hydrogen) atoms. The molecular formula is C12H17ClN2O2S. The van der Waals surface area contributed by atoms with Crippen LogP contribution in [0.4, 0.5) is 0 Å². The van der Waals surface area contributed by atoms with Crippen LogP contribution in [0.3, 0.4) is 0 Å². The predicted octanol–water partition coefficient (Wildman–Crippen LogP) is 1.57. The average molecular weight is 289 g/mol. The van der Waals surface area contributed by atoms with Gasteiger partial charge in [0.25, 0.3) is 0 Å². The second kappa shape index (κ2) is 6.52. The molecule has 0 bridgehead atoms. The first-order valence-corrected chi connectivity index (χ1v) is 7.26. The van der Waals surface area contributed by atoms with Crippen LogP contribution in [0, 0.1) is 0 Å². The van der Waals surface area contributed by atoms with E-state index in [1.165, 1.54) is 4.88 Å². The van der Waals surface area contributed by atoms with Gasteiger partial charge in [0.05, 0.1) is 10.4 Å². The molecule has 1 fully saturated rings. The summed E-state index contributed by atoms with van der Waals surface area (Å²) in [6, 6.07) is 3.85. The summed E-state index contributed by atoms with van der Waals surface area (Å²) in [5.74, 6) is -0.0337. The van der Waals surface area contributed by atoms with Gasteiger partial charge < -0.3 is 15.8 Å². The minimum absolute atomic E-state index is 0.0337. The Labute approximate surface area is 115 Å². The molecule has 2 heterocycles. The Bertz CT molecular complexity index is 411. The summed E-state index contributed by atoms with van der Waals surface area (Å²) in [4.78, 5) is 13.0. The largest absolute Gasteiger partial charge is 0.364 e. The van der Waals surface area contributed by atoms with E-state index < -0.39 is 0 Å². The van der Waals surface area contributed by atoms with Crippen molar-refractivity contribution in [1.29, 1.82) is 0 Å². The summed E-state index contributed by atoms with van der Waals surface area (Å²) in [5.41, 5.74) is 5.51. The fourth-order valence-electron chi connectivity index (χ4n) is 1.98. The van der Waals surface area contributed by atoms with Crippen molar-refractivity contribution in [2.45, 2.75) is 31.5 Å². The zero-order chi connectivity index (χ0) is 13.0. The molecule has 1 amide bonds. The molecule has 1 saturated heterocycles. The van der Waals surface area contributed by atoms with Crippen LogP contribution in [-0.4, -0.2) is 31.2 Å². The van der Waals surface area contributed by atoms with Gasteiger partial charge in [-0.2, -0.15) is 0 Å². The summed E-state index contributed by atoms with van der Waals surface area (Å²) >= 11 is 7.38. The third-order valence-corrected chi connectivity index (χ3v) is 4.25. The molecule has 0 aromatic carbocycles. The van der Waals surface area contributed by atoms with Gasteiger partial charge in [0.1, 0.15) is 6.10 Å². The number of rotatable bonds is 5. The van der Waals surface area contributed by atoms with Gasteiger partial charge in [0, 0.05) is 18.0 Å². The summed E-state index contributed by atoms with van der Waals surface area (Å²) in [6.07, 6.45) is 2.14. The molecule has 4 nitrogen and oxygen atoms in total. The summed E-state index contributed by atoms with van der Waals surface area (Å²) < 4.78 is 6.30. The number of nitrogens with two attached hydrogens (primary N) is 1. The first kappa shape index (κ1) is 13.8. The number of amides is 1. The second-order valence-electron chi connectivity index (χ2n) is 4.31. The lowest BCUT2D eigenvalue weighted by Crippen LogP contribution is -2.36. The third-order valence-electron chi connectivity index (χ3n) is 2.96. The van der Waals surface area contributed by atoms with Crippen LogP contribution >= 0.6 is 22.9 Å². The molecule has 2 rings (SSSR count). The van der Waals surface area contributed by atoms with E-state index in [1.54, 1.807) is 11.3 Å². The van der Waals surface area contributed by atoms with Crippen LogP contribution in [0.15, 0.2) is 12.1 Å². The number of hydrogen-bond acceptors (Lipinski definition) is 4. The van der Waals surface area contributed by atoms with Crippen LogP contribution in [0.1, 0.15) is 17.7 Å². The molecule has 6 heteroatoms. The van der Waals surface area contributed by atoms with Gasteiger partial charge in [-0.25, -0.2) is 0 Å². The Balaban J connectivity index is 1.69. The van der Waals surface area contributed by atoms with Crippen molar-refractivity contribution in [3.8, 4) is 0 Å². The second-order valence-corrected chi connectivity index (χ2v) is 6.11. The van der Waals surface area contributed by atoms with Crippen LogP contribution in [0.2, 0.25) is 4.34 Å². The molecule has 0 spiro atoms. The molecule has 1 aromatic heterocycles. The highest BCUT2D eigenvalue weighted by Crippen LogP contribution is 2.21. The van der Waals surface area contributed by atoms with E-state index in [0.29, 0.717) is 13.1 Å². The van der Waals surface area contributed by atoms with Gasteiger partial charge in [0.2, 0.25) is 5.91 Å². The molecule has 100 valence electrons. The van der Waals surface area contributed by atoms with Gasteiger partial charge in [-0.15, -0.1) is 11.3 Å². The maximum atomic E-state index is 11.8. The van der Waals surface area contributed by atoms with Crippen LogP contribution in [-0.2, 0) is 16.0 Å². The lowest BCUT2D eigenvalue weighted by Gasteiger charge is -2.12. The fraction of sp³-hybridized carbons (Fsp3) is 0.583. The van der Waals surface area contributed by atoms with Crippen LogP contribution in [0.5, 0.6) is 0 Å². The Morgan fingerprint density at radius 3 is 3.00 bits per heavy atom. The van der Waals surface area contributed by atoms with Crippen molar-refractivity contribution in [2.75, 3.05) is 13.1 Å². The molecule has 0 unspecified atom stereocenters. The molecule has 2 atom stereocenters. The number of carbonyl (C=O) groups is 1. The van der Waals surface area contributed by atoms with Crippen molar-refractivity contribution in [3.05, 3.63) is 21.3 Å². The molecule has 0 aliphatic carbocycles. The normalized spacial score (nSPS) is 23.2. The van der Waals surface area contributed by atoms with E-state index in [4.69, 9.17) is 22.1 Å². The lowest BCUT2D eigenvalue weighted by molar-refractivity contribution is -0.131. The molecule has 1 aromatic rings. The quantitative estimate of drug-likeness (QED) is 0.864. The number of halogens is 1. The minimum atomic E-state index is -0.328. The van der Waals surface area contributed by atoms with Crippen molar-refractivity contribution < 1.29 is 9.53 Å². The van der Waals surface area contributed by atoms with Crippen molar-refractivity contribution in [2.24, 2.45) is 5.73 Å². The molecule has 0 saturated carbocycles. The van der Waals surface area contributed by atoms with E-state index >= 15 is 0 Å². The van der Waals surface area contributed by atoms with Crippen molar-refractivity contribution in [1.82, 2.24) is 5.32 Å². The van der Waals surface area contributed by atoms with E-state index in [1.807, 2.05) is 12.1 Å². The van der Waals surface area contributed by atoms with E-state index in [9.17, 15) is 4.79 Å². The van der Waals surface area contributed by atoms with Gasteiger partial charge in [-0.1, -0.05) is 11.6 Å². The molecule has 1 aliphatic rings. The Hall–Kier alpha value is -0.620. The predicted molar refractivity (Wildman–Crippen MR) is 73.0 cm³/mol. The van der Waals surface area contributed by atoms with E-state index in [-0.39, 0.29) is 18.1 Å². The van der Waals surface area contributed by atoms with Crippen molar-refractivity contribution >= 4 is 28.8 Å². The molecular weight excluding hydrogens is 272 g/mol. The number of hydrogen-bond donors (Lipinski definition) is 2. The van der Waals surface area contributed by atoms with Crippen LogP contribution in [0.25, 0.3) is 0 Å². The molecule has 1 aliphatic heterocycles. The maximum absolute atomic E-state index is 11.8. The average Bonchev–Trinajstić information content (AvgIpc) is 2.98.